The number of rotatable bonds is 3. The minimum Gasteiger partial charge on any atom is -0.424 e. The number of primary amides is 1. The largest absolute Gasteiger partial charge is 0.513 e. The minimum absolute atomic E-state index is 0.107. The first-order valence-corrected chi connectivity index (χ1v) is 11.7. The molecule has 1 saturated carbocycles. The fourth-order valence-corrected chi connectivity index (χ4v) is 6.66. The number of ether oxygens (including phenoxy) is 2. The second-order valence-corrected chi connectivity index (χ2v) is 11.0. The summed E-state index contributed by atoms with van der Waals surface area (Å²) in [5.74, 6) is 0.376. The zero-order valence-corrected chi connectivity index (χ0v) is 21.5. The first-order valence-electron chi connectivity index (χ1n) is 8.49. The van der Waals surface area contributed by atoms with Crippen molar-refractivity contribution in [3.05, 3.63) is 22.8 Å². The van der Waals surface area contributed by atoms with E-state index in [0.717, 1.165) is 36.4 Å². The molecule has 1 aliphatic rings. The molecule has 1 aromatic rings. The normalized spacial score (nSPS) is 20.5. The van der Waals surface area contributed by atoms with Crippen molar-refractivity contribution in [2.45, 2.75) is 58.1 Å². The number of esters is 1. The minimum atomic E-state index is -0.476. The molecular weight excluding hydrogens is 675 g/mol. The number of nitrogens with two attached hydrogens (primary N) is 1. The Morgan fingerprint density at radius 2 is 1.58 bits per heavy atom. The highest BCUT2D eigenvalue weighted by molar-refractivity contribution is 14.1. The number of benzene rings is 1. The molecule has 26 heavy (non-hydrogen) atoms. The molecule has 0 aliphatic heterocycles. The van der Waals surface area contributed by atoms with Crippen LogP contribution in [0, 0.1) is 16.6 Å². The summed E-state index contributed by atoms with van der Waals surface area (Å²) < 4.78 is 14.0. The van der Waals surface area contributed by atoms with Crippen LogP contribution in [0.15, 0.2) is 12.1 Å². The van der Waals surface area contributed by atoms with E-state index in [9.17, 15) is 9.59 Å². The highest BCUT2D eigenvalue weighted by Gasteiger charge is 2.32. The Hall–Kier alpha value is 0.310. The first kappa shape index (κ1) is 22.6. The van der Waals surface area contributed by atoms with Crippen LogP contribution in [0.3, 0.4) is 0 Å². The number of carbonyl (C=O) groups is 2. The maximum atomic E-state index is 12.5. The van der Waals surface area contributed by atoms with Gasteiger partial charge in [-0.05, 0) is 114 Å². The number of hydrogen-bond acceptors (Lipinski definition) is 4. The van der Waals surface area contributed by atoms with Gasteiger partial charge in [0, 0.05) is 16.4 Å². The summed E-state index contributed by atoms with van der Waals surface area (Å²) >= 11 is 6.65. The van der Waals surface area contributed by atoms with Gasteiger partial charge in [-0.1, -0.05) is 0 Å². The highest BCUT2D eigenvalue weighted by atomic mass is 127. The molecule has 8 heteroatoms. The zero-order valence-electron chi connectivity index (χ0n) is 15.0. The first-order chi connectivity index (χ1) is 12.0. The smallest absolute Gasteiger partial charge is 0.424 e. The Labute approximate surface area is 195 Å². The van der Waals surface area contributed by atoms with Gasteiger partial charge in [0.1, 0.15) is 5.60 Å². The second-order valence-electron chi connectivity index (χ2n) is 7.43. The van der Waals surface area contributed by atoms with E-state index < -0.39 is 5.60 Å². The lowest BCUT2D eigenvalue weighted by molar-refractivity contribution is -0.613. The molecule has 0 aromatic heterocycles. The number of quaternary nitrogens is 1. The molecule has 0 saturated heterocycles. The van der Waals surface area contributed by atoms with Gasteiger partial charge in [-0.2, -0.15) is 4.79 Å². The predicted molar refractivity (Wildman–Crippen MR) is 124 cm³/mol. The van der Waals surface area contributed by atoms with Gasteiger partial charge >= 0.3 is 12.1 Å². The van der Waals surface area contributed by atoms with Gasteiger partial charge in [0.2, 0.25) is 0 Å². The Kier molecular flexibility index (Phi) is 8.41. The van der Waals surface area contributed by atoms with Gasteiger partial charge in [0.05, 0.1) is 19.1 Å². The fourth-order valence-electron chi connectivity index (χ4n) is 2.86. The van der Waals surface area contributed by atoms with Crippen LogP contribution in [0.2, 0.25) is 0 Å². The topological polar surface area (TPSA) is 69.2 Å². The van der Waals surface area contributed by atoms with Crippen molar-refractivity contribution in [2.75, 3.05) is 0 Å². The van der Waals surface area contributed by atoms with Crippen LogP contribution in [0.1, 0.15) is 46.5 Å². The van der Waals surface area contributed by atoms with Crippen LogP contribution in [-0.4, -0.2) is 23.7 Å². The maximum Gasteiger partial charge on any atom is 0.513 e. The Balaban J connectivity index is 1.86. The van der Waals surface area contributed by atoms with Gasteiger partial charge in [0.25, 0.3) is 0 Å². The maximum absolute atomic E-state index is 12.5. The van der Waals surface area contributed by atoms with Crippen molar-refractivity contribution < 1.29 is 24.4 Å². The van der Waals surface area contributed by atoms with E-state index in [1.165, 1.54) is 0 Å². The van der Waals surface area contributed by atoms with Crippen molar-refractivity contribution in [3.8, 4) is 5.75 Å². The van der Waals surface area contributed by atoms with Crippen molar-refractivity contribution in [1.82, 2.24) is 0 Å². The van der Waals surface area contributed by atoms with Crippen LogP contribution in [0.4, 0.5) is 4.79 Å². The van der Waals surface area contributed by atoms with Crippen LogP contribution in [0.5, 0.6) is 5.75 Å². The Bertz CT molecular complexity index is 656. The van der Waals surface area contributed by atoms with Gasteiger partial charge in [-0.3, -0.25) is 4.79 Å². The number of carbonyl (C=O) groups excluding carboxylic acids is 2. The molecule has 1 fully saturated rings. The summed E-state index contributed by atoms with van der Waals surface area (Å²) in [6, 6.07) is 4.17. The lowest BCUT2D eigenvalue weighted by Gasteiger charge is -2.26. The molecule has 0 radical (unpaired) electrons. The van der Waals surface area contributed by atoms with E-state index in [0.29, 0.717) is 5.75 Å². The molecule has 2 N–H and O–H groups in total. The number of hydrogen-bond donors (Lipinski definition) is 1. The standard InChI is InChI=1S/C18H22I3NO4/c1-18(2,3)26-17(24)22-12-6-4-10(5-7-12)16(23)25-15-13(20)8-11(19)9-14(15)21/h8-10,12H,4-7H2,1-3H3,(H,22,24)/p+1. The van der Waals surface area contributed by atoms with Gasteiger partial charge in [0.15, 0.2) is 5.75 Å². The van der Waals surface area contributed by atoms with E-state index in [1.807, 2.05) is 32.9 Å². The molecule has 0 atom stereocenters. The summed E-state index contributed by atoms with van der Waals surface area (Å²) in [5, 5.41) is 1.66. The van der Waals surface area contributed by atoms with Crippen molar-refractivity contribution in [2.24, 2.45) is 5.92 Å². The Morgan fingerprint density at radius 3 is 2.08 bits per heavy atom. The summed E-state index contributed by atoms with van der Waals surface area (Å²) in [7, 11) is 0. The van der Waals surface area contributed by atoms with E-state index in [2.05, 4.69) is 67.8 Å². The predicted octanol–water partition coefficient (Wildman–Crippen LogP) is 4.46. The monoisotopic (exact) mass is 698 g/mol. The molecule has 2 rings (SSSR count). The van der Waals surface area contributed by atoms with Crippen molar-refractivity contribution in [1.29, 1.82) is 0 Å². The fraction of sp³-hybridized carbons (Fsp3) is 0.556. The average molecular weight is 698 g/mol. The third-order valence-corrected chi connectivity index (χ3v) is 6.27. The van der Waals surface area contributed by atoms with Crippen LogP contribution >= 0.6 is 67.8 Å². The molecule has 1 aromatic carbocycles. The third kappa shape index (κ3) is 7.04. The lowest BCUT2D eigenvalue weighted by Crippen LogP contribution is -2.94. The molecule has 0 heterocycles. The molecule has 0 unspecified atom stereocenters. The SMILES string of the molecule is CC(C)(C)OC(=O)[NH2+]C1CCC(C(=O)Oc2c(I)cc(I)cc2I)CC1. The molecule has 1 amide bonds. The van der Waals surface area contributed by atoms with Crippen LogP contribution in [-0.2, 0) is 9.53 Å². The van der Waals surface area contributed by atoms with E-state index in [1.54, 1.807) is 5.32 Å². The second kappa shape index (κ2) is 9.68. The summed E-state index contributed by atoms with van der Waals surface area (Å²) in [6.45, 7) is 5.58. The zero-order chi connectivity index (χ0) is 19.5. The lowest BCUT2D eigenvalue weighted by atomic mass is 9.86. The van der Waals surface area contributed by atoms with Crippen molar-refractivity contribution in [3.63, 3.8) is 0 Å². The Morgan fingerprint density at radius 1 is 1.04 bits per heavy atom. The van der Waals surface area contributed by atoms with E-state index in [-0.39, 0.29) is 24.0 Å². The highest BCUT2D eigenvalue weighted by Crippen LogP contribution is 2.32. The average Bonchev–Trinajstić information content (AvgIpc) is 2.49. The summed E-state index contributed by atoms with van der Waals surface area (Å²) in [4.78, 5) is 24.5. The third-order valence-electron chi connectivity index (χ3n) is 4.05. The summed E-state index contributed by atoms with van der Waals surface area (Å²) in [5.41, 5.74) is -0.476. The van der Waals surface area contributed by atoms with Crippen LogP contribution in [0.25, 0.3) is 0 Å². The van der Waals surface area contributed by atoms with Crippen LogP contribution < -0.4 is 10.1 Å². The van der Waals surface area contributed by atoms with E-state index in [4.69, 9.17) is 9.47 Å². The number of amides is 1. The van der Waals surface area contributed by atoms with Crippen molar-refractivity contribution >= 4 is 79.8 Å². The summed E-state index contributed by atoms with van der Waals surface area (Å²) in [6.07, 6.45) is 2.81. The molecule has 1 aliphatic carbocycles. The molecular formula is C18H23I3NO4+. The number of halogens is 3. The van der Waals surface area contributed by atoms with E-state index >= 15 is 0 Å². The quantitative estimate of drug-likeness (QED) is 0.288. The molecule has 0 spiro atoms. The molecule has 5 nitrogen and oxygen atoms in total. The van der Waals surface area contributed by atoms with Gasteiger partial charge in [-0.25, -0.2) is 5.32 Å². The molecule has 144 valence electrons. The van der Waals surface area contributed by atoms with Gasteiger partial charge in [-0.15, -0.1) is 0 Å². The molecule has 0 bridgehead atoms. The van der Waals surface area contributed by atoms with Gasteiger partial charge < -0.3 is 9.47 Å².